The molecule has 1 aromatic rings. The van der Waals surface area contributed by atoms with Gasteiger partial charge in [0.05, 0.1) is 12.7 Å². The van der Waals surface area contributed by atoms with Crippen LogP contribution < -0.4 is 11.3 Å². The number of methoxy groups -OCH3 is 3. The van der Waals surface area contributed by atoms with Crippen LogP contribution in [0.1, 0.15) is 11.7 Å². The van der Waals surface area contributed by atoms with Gasteiger partial charge in [-0.05, 0) is 0 Å². The van der Waals surface area contributed by atoms with E-state index in [1.54, 1.807) is 21.3 Å². The third kappa shape index (κ3) is 3.73. The Morgan fingerprint density at radius 1 is 1.33 bits per heavy atom. The molecule has 3 N–H and O–H groups in total. The first-order chi connectivity index (χ1) is 9.62. The van der Waals surface area contributed by atoms with Crippen LogP contribution in [-0.2, 0) is 40.0 Å². The number of aromatic nitrogens is 1. The van der Waals surface area contributed by atoms with Crippen molar-refractivity contribution in [2.24, 2.45) is 0 Å². The Balaban J connectivity index is 0.00000220. The minimum absolute atomic E-state index is 0. The van der Waals surface area contributed by atoms with Crippen molar-refractivity contribution in [3.8, 4) is 0 Å². The Hall–Kier alpha value is -0.722. The maximum Gasteiger partial charge on any atom is 0.172 e. The van der Waals surface area contributed by atoms with Crippen LogP contribution in [0.2, 0.25) is 0 Å². The molecule has 2 rings (SSSR count). The van der Waals surface area contributed by atoms with E-state index in [1.165, 1.54) is 6.07 Å². The zero-order chi connectivity index (χ0) is 14.7. The van der Waals surface area contributed by atoms with Gasteiger partial charge in [0.1, 0.15) is 18.3 Å². The maximum absolute atomic E-state index is 12.0. The Kier molecular flexibility index (Phi) is 7.03. The summed E-state index contributed by atoms with van der Waals surface area (Å²) in [6.07, 6.45) is -1.58. The number of rotatable bonds is 5. The number of nitrogens with one attached hydrogen (secondary N) is 1. The number of nitrogens with two attached hydrogens (primary N) is 1. The van der Waals surface area contributed by atoms with Crippen LogP contribution in [0.4, 0.5) is 5.82 Å². The summed E-state index contributed by atoms with van der Waals surface area (Å²) in [5, 5.41) is 0. The quantitative estimate of drug-likeness (QED) is 0.587. The van der Waals surface area contributed by atoms with Crippen molar-refractivity contribution in [2.45, 2.75) is 24.4 Å². The smallest absolute Gasteiger partial charge is 0.172 e. The molecular formula is C13H19N2O5W-. The Morgan fingerprint density at radius 3 is 2.52 bits per heavy atom. The third-order valence-electron chi connectivity index (χ3n) is 3.39. The van der Waals surface area contributed by atoms with Gasteiger partial charge in [0.25, 0.3) is 0 Å². The van der Waals surface area contributed by atoms with Crippen LogP contribution in [0.3, 0.4) is 0 Å². The molecule has 1 aliphatic heterocycles. The minimum atomic E-state index is -0.550. The summed E-state index contributed by atoms with van der Waals surface area (Å²) >= 11 is 0. The molecule has 21 heavy (non-hydrogen) atoms. The fourth-order valence-corrected chi connectivity index (χ4v) is 2.48. The Bertz CT molecular complexity index is 510. The summed E-state index contributed by atoms with van der Waals surface area (Å²) in [5.41, 5.74) is 5.58. The van der Waals surface area contributed by atoms with Gasteiger partial charge in [0.2, 0.25) is 0 Å². The normalized spacial score (nSPS) is 28.3. The molecule has 0 spiro atoms. The number of ether oxygens (including phenoxy) is 4. The first-order valence-corrected chi connectivity index (χ1v) is 6.22. The van der Waals surface area contributed by atoms with E-state index in [4.69, 9.17) is 24.7 Å². The SMILES string of the molecule is COC[C@H]1O[C@@H](c2c[c-]c(N)[nH]c2=O)[C@@H](OC)C1OC.[W]. The van der Waals surface area contributed by atoms with Crippen LogP contribution in [0.5, 0.6) is 0 Å². The Labute approximate surface area is 137 Å². The molecule has 7 nitrogen and oxygen atoms in total. The van der Waals surface area contributed by atoms with Crippen LogP contribution in [0.15, 0.2) is 10.9 Å². The summed E-state index contributed by atoms with van der Waals surface area (Å²) in [4.78, 5) is 14.5. The zero-order valence-corrected chi connectivity index (χ0v) is 15.1. The van der Waals surface area contributed by atoms with Crippen LogP contribution in [0, 0.1) is 6.07 Å². The van der Waals surface area contributed by atoms with Gasteiger partial charge >= 0.3 is 0 Å². The van der Waals surface area contributed by atoms with Gasteiger partial charge < -0.3 is 29.7 Å². The monoisotopic (exact) mass is 467 g/mol. The van der Waals surface area contributed by atoms with Gasteiger partial charge in [-0.2, -0.15) is 0 Å². The molecule has 0 aliphatic carbocycles. The molecule has 118 valence electrons. The molecule has 2 heterocycles. The third-order valence-corrected chi connectivity index (χ3v) is 3.39. The maximum atomic E-state index is 12.0. The van der Waals surface area contributed by atoms with Gasteiger partial charge in [-0.25, -0.2) is 12.1 Å². The molecule has 1 saturated heterocycles. The van der Waals surface area contributed by atoms with Crippen LogP contribution in [-0.4, -0.2) is 51.2 Å². The standard InChI is InChI=1S/C13H19N2O5.W/c1-17-6-8-11(18-2)12(19-3)10(20-8)7-4-5-9(14)15-13(7)16;/h4,8,10-12H,6H2,1-3H3,(H3,14,15,16);/q-1;/t8-,10+,11?,12-;/m1./s1. The second-order valence-electron chi connectivity index (χ2n) is 4.56. The molecular weight excluding hydrogens is 448 g/mol. The minimum Gasteiger partial charge on any atom is -0.401 e. The van der Waals surface area contributed by atoms with Gasteiger partial charge in [-0.1, -0.05) is 0 Å². The van der Waals surface area contributed by atoms with Crippen molar-refractivity contribution in [3.63, 3.8) is 0 Å². The van der Waals surface area contributed by atoms with E-state index in [0.29, 0.717) is 12.2 Å². The molecule has 0 bridgehead atoms. The van der Waals surface area contributed by atoms with E-state index in [2.05, 4.69) is 11.1 Å². The summed E-state index contributed by atoms with van der Waals surface area (Å²) < 4.78 is 21.8. The molecule has 0 saturated carbocycles. The molecule has 1 fully saturated rings. The molecule has 0 radical (unpaired) electrons. The van der Waals surface area contributed by atoms with E-state index < -0.39 is 12.2 Å². The van der Waals surface area contributed by atoms with Crippen molar-refractivity contribution in [2.75, 3.05) is 33.7 Å². The second-order valence-corrected chi connectivity index (χ2v) is 4.56. The molecule has 4 atom stereocenters. The van der Waals surface area contributed by atoms with E-state index >= 15 is 0 Å². The molecule has 0 amide bonds. The molecule has 1 unspecified atom stereocenters. The fraction of sp³-hybridized carbons (Fsp3) is 0.615. The van der Waals surface area contributed by atoms with Crippen molar-refractivity contribution >= 4 is 5.82 Å². The average molecular weight is 467 g/mol. The molecule has 8 heteroatoms. The number of pyridine rings is 1. The van der Waals surface area contributed by atoms with Crippen molar-refractivity contribution in [1.29, 1.82) is 0 Å². The van der Waals surface area contributed by atoms with Gasteiger partial charge in [-0.15, -0.1) is 5.56 Å². The van der Waals surface area contributed by atoms with Gasteiger partial charge in [0.15, 0.2) is 5.56 Å². The fourth-order valence-electron chi connectivity index (χ4n) is 2.48. The van der Waals surface area contributed by atoms with Crippen molar-refractivity contribution in [3.05, 3.63) is 28.0 Å². The number of aromatic amines is 1. The van der Waals surface area contributed by atoms with Crippen LogP contribution in [0.25, 0.3) is 0 Å². The van der Waals surface area contributed by atoms with Crippen LogP contribution >= 0.6 is 0 Å². The topological polar surface area (TPSA) is 95.8 Å². The molecule has 1 aromatic heterocycles. The summed E-state index contributed by atoms with van der Waals surface area (Å²) in [6.45, 7) is 0.353. The predicted octanol–water partition coefficient (Wildman–Crippen LogP) is -0.129. The molecule has 0 aromatic carbocycles. The summed E-state index contributed by atoms with van der Waals surface area (Å²) in [7, 11) is 4.71. The van der Waals surface area contributed by atoms with Gasteiger partial charge in [-0.3, -0.25) is 4.79 Å². The van der Waals surface area contributed by atoms with E-state index in [0.717, 1.165) is 0 Å². The number of H-pyrrole nitrogens is 1. The number of hydrogen-bond acceptors (Lipinski definition) is 6. The first kappa shape index (κ1) is 18.3. The summed E-state index contributed by atoms with van der Waals surface area (Å²) in [6, 6.07) is 4.28. The second kappa shape index (κ2) is 8.05. The van der Waals surface area contributed by atoms with E-state index in [-0.39, 0.29) is 44.7 Å². The largest absolute Gasteiger partial charge is 0.401 e. The number of nitrogen functional groups attached to an aromatic ring is 1. The number of anilines is 1. The Morgan fingerprint density at radius 2 is 2.00 bits per heavy atom. The predicted molar refractivity (Wildman–Crippen MR) is 71.4 cm³/mol. The zero-order valence-electron chi connectivity index (χ0n) is 12.1. The molecule has 1 aliphatic rings. The number of hydrogen-bond donors (Lipinski definition) is 2. The average Bonchev–Trinajstić information content (AvgIpc) is 2.76. The van der Waals surface area contributed by atoms with E-state index in [9.17, 15) is 4.79 Å². The first-order valence-electron chi connectivity index (χ1n) is 6.22. The van der Waals surface area contributed by atoms with Crippen molar-refractivity contribution < 1.29 is 40.0 Å². The van der Waals surface area contributed by atoms with E-state index in [1.807, 2.05) is 0 Å². The van der Waals surface area contributed by atoms with Gasteiger partial charge in [0, 0.05) is 48.2 Å². The summed E-state index contributed by atoms with van der Waals surface area (Å²) in [5.74, 6) is 0.183. The van der Waals surface area contributed by atoms with Crippen molar-refractivity contribution in [1.82, 2.24) is 4.98 Å².